The number of nitrogens with one attached hydrogen (secondary N) is 1. The highest BCUT2D eigenvalue weighted by Crippen LogP contribution is 2.35. The lowest BCUT2D eigenvalue weighted by molar-refractivity contribution is 0.0357. The highest BCUT2D eigenvalue weighted by atomic mass is 35.5. The van der Waals surface area contributed by atoms with Crippen LogP contribution in [0.3, 0.4) is 0 Å². The van der Waals surface area contributed by atoms with Gasteiger partial charge in [-0.2, -0.15) is 0 Å². The van der Waals surface area contributed by atoms with Crippen LogP contribution in [0.25, 0.3) is 10.9 Å². The fourth-order valence-electron chi connectivity index (χ4n) is 2.47. The number of methoxy groups -OCH3 is 1. The van der Waals surface area contributed by atoms with E-state index in [2.05, 4.69) is 15.3 Å². The van der Waals surface area contributed by atoms with Crippen LogP contribution in [0.1, 0.15) is 24.2 Å². The Bertz CT molecular complexity index is 1600. The van der Waals surface area contributed by atoms with Crippen molar-refractivity contribution in [1.29, 1.82) is 0 Å². The number of hydrogen-bond donors (Lipinski definition) is 1. The molecule has 2 aromatic carbocycles. The molecule has 0 aliphatic carbocycles. The van der Waals surface area contributed by atoms with Crippen LogP contribution in [0.4, 0.5) is 15.9 Å². The molecule has 1 aliphatic rings. The van der Waals surface area contributed by atoms with Crippen molar-refractivity contribution in [3.05, 3.63) is 47.4 Å². The first-order chi connectivity index (χ1) is 20.1. The molecule has 7 nitrogen and oxygen atoms in total. The van der Waals surface area contributed by atoms with Gasteiger partial charge in [0.1, 0.15) is 19.3 Å². The fraction of sp³-hybridized carbons (Fsp3) is 0.364. The number of fused-ring (bicyclic) bond motifs is 1. The predicted octanol–water partition coefficient (Wildman–Crippen LogP) is 4.28. The SMILES string of the molecule is [2H]c1nc(Nc2ccc(F)c(Cl)c2)c2c([2H])c(OC([2H])([2H])C([2H])([2H])C([2H])([2H])N3C([2H])([2H])COCC3([2H])[2H])c(OC)c([2H])c2n1. The van der Waals surface area contributed by atoms with Gasteiger partial charge in [-0.25, -0.2) is 14.4 Å². The van der Waals surface area contributed by atoms with E-state index in [1.807, 2.05) is 0 Å². The average molecular weight is 460 g/mol. The number of rotatable bonds is 8. The van der Waals surface area contributed by atoms with Gasteiger partial charge < -0.3 is 19.5 Å². The zero-order valence-corrected chi connectivity index (χ0v) is 16.7. The average Bonchev–Trinajstić information content (AvgIpc) is 2.87. The minimum atomic E-state index is -3.87. The van der Waals surface area contributed by atoms with Crippen LogP contribution in [0.5, 0.6) is 11.5 Å². The van der Waals surface area contributed by atoms with Gasteiger partial charge in [0.15, 0.2) is 11.5 Å². The van der Waals surface area contributed by atoms with Crippen molar-refractivity contribution in [2.45, 2.75) is 6.37 Å². The molecule has 164 valence electrons. The van der Waals surface area contributed by atoms with Crippen molar-refractivity contribution in [2.75, 3.05) is 51.7 Å². The Hall–Kier alpha value is -2.68. The summed E-state index contributed by atoms with van der Waals surface area (Å²) in [5.41, 5.74) is -0.211. The molecule has 1 N–H and O–H groups in total. The van der Waals surface area contributed by atoms with Crippen LogP contribution in [0.15, 0.2) is 36.6 Å². The highest BCUT2D eigenvalue weighted by Gasteiger charge is 2.14. The van der Waals surface area contributed by atoms with E-state index in [1.165, 1.54) is 12.1 Å². The first kappa shape index (κ1) is 10.8. The lowest BCUT2D eigenvalue weighted by Gasteiger charge is -2.26. The summed E-state index contributed by atoms with van der Waals surface area (Å²) in [7, 11) is 1.02. The number of halogens is 2. The number of morpholine rings is 1. The molecule has 31 heavy (non-hydrogen) atoms. The van der Waals surface area contributed by atoms with E-state index in [4.69, 9.17) is 43.6 Å². The first-order valence-corrected chi connectivity index (χ1v) is 9.11. The molecule has 1 fully saturated rings. The molecule has 2 heterocycles. The molecular formula is C22H24ClFN4O3. The Labute approximate surface area is 203 Å². The summed E-state index contributed by atoms with van der Waals surface area (Å²) >= 11 is 5.84. The maximum atomic E-state index is 13.7. The molecule has 1 saturated heterocycles. The third-order valence-electron chi connectivity index (χ3n) is 3.88. The second-order valence-corrected chi connectivity index (χ2v) is 6.25. The maximum absolute atomic E-state index is 13.7. The van der Waals surface area contributed by atoms with Crippen LogP contribution < -0.4 is 14.8 Å². The standard InChI is InChI=1S/C22H24ClFN4O3/c1-29-20-13-19-16(12-21(20)31-8-2-5-28-6-9-30-10-7-28)22(26-14-25-19)27-15-3-4-18(24)17(23)11-15/h3-4,11-14H,2,5-10H2,1H3,(H,25,26,27)/i2D2,5D2,6D2,7D2,8D2,12D,13D,14D. The first-order valence-electron chi connectivity index (χ1n) is 15.2. The third-order valence-corrected chi connectivity index (χ3v) is 4.17. The summed E-state index contributed by atoms with van der Waals surface area (Å²) in [6.45, 7) is -15.1. The quantitative estimate of drug-likeness (QED) is 0.539. The Morgan fingerprint density at radius 1 is 1.32 bits per heavy atom. The molecule has 4 rings (SSSR count). The van der Waals surface area contributed by atoms with Gasteiger partial charge in [-0.05, 0) is 30.6 Å². The van der Waals surface area contributed by atoms with E-state index in [1.54, 1.807) is 0 Å². The predicted molar refractivity (Wildman–Crippen MR) is 118 cm³/mol. The minimum absolute atomic E-state index is 0.105. The zero-order valence-electron chi connectivity index (χ0n) is 29.0. The summed E-state index contributed by atoms with van der Waals surface area (Å²) in [4.78, 5) is 7.65. The highest BCUT2D eigenvalue weighted by molar-refractivity contribution is 6.31. The Morgan fingerprint density at radius 2 is 2.16 bits per heavy atom. The van der Waals surface area contributed by atoms with Crippen molar-refractivity contribution >= 4 is 34.0 Å². The van der Waals surface area contributed by atoms with Gasteiger partial charge in [-0.1, -0.05) is 11.6 Å². The van der Waals surface area contributed by atoms with Crippen LogP contribution in [-0.4, -0.2) is 61.2 Å². The van der Waals surface area contributed by atoms with Crippen molar-refractivity contribution in [3.63, 3.8) is 0 Å². The molecule has 3 aromatic rings. The van der Waals surface area contributed by atoms with Gasteiger partial charge in [-0.15, -0.1) is 0 Å². The number of benzene rings is 2. The molecule has 0 amide bonds. The fourth-order valence-corrected chi connectivity index (χ4v) is 2.65. The van der Waals surface area contributed by atoms with Crippen molar-refractivity contribution in [3.8, 4) is 11.5 Å². The summed E-state index contributed by atoms with van der Waals surface area (Å²) in [5, 5.41) is 2.09. The summed E-state index contributed by atoms with van der Waals surface area (Å²) in [6, 6.07) is 2.00. The molecule has 0 atom stereocenters. The van der Waals surface area contributed by atoms with Crippen molar-refractivity contribution < 1.29 is 36.4 Å². The third kappa shape index (κ3) is 5.33. The van der Waals surface area contributed by atoms with E-state index in [0.717, 1.165) is 13.2 Å². The number of hydrogen-bond acceptors (Lipinski definition) is 7. The molecule has 0 saturated carbocycles. The Kier molecular flexibility index (Phi) is 3.50. The Balaban J connectivity index is 1.88. The molecule has 1 aliphatic heterocycles. The summed E-state index contributed by atoms with van der Waals surface area (Å²) < 4.78 is 138. The van der Waals surface area contributed by atoms with Gasteiger partial charge in [-0.3, -0.25) is 4.90 Å². The van der Waals surface area contributed by atoms with E-state index in [9.17, 15) is 4.39 Å². The zero-order chi connectivity index (χ0) is 33.2. The topological polar surface area (TPSA) is 68.7 Å². The van der Waals surface area contributed by atoms with E-state index < -0.39 is 81.3 Å². The molecule has 9 heteroatoms. The molecule has 1 aromatic heterocycles. The number of nitrogens with zero attached hydrogens (tertiary/aromatic N) is 3. The number of aromatic nitrogens is 2. The smallest absolute Gasteiger partial charge is 0.162 e. The van der Waals surface area contributed by atoms with Crippen LogP contribution in [-0.2, 0) is 4.74 Å². The van der Waals surface area contributed by atoms with Crippen molar-refractivity contribution in [1.82, 2.24) is 14.9 Å². The van der Waals surface area contributed by atoms with Gasteiger partial charge in [0.25, 0.3) is 0 Å². The molecule has 0 bridgehead atoms. The summed E-state index contributed by atoms with van der Waals surface area (Å²) in [5.74, 6) is -2.60. The Morgan fingerprint density at radius 3 is 2.94 bits per heavy atom. The van der Waals surface area contributed by atoms with Crippen molar-refractivity contribution in [2.24, 2.45) is 0 Å². The lowest BCUT2D eigenvalue weighted by atomic mass is 10.2. The van der Waals surface area contributed by atoms with Crippen LogP contribution >= 0.6 is 11.6 Å². The molecule has 0 radical (unpaired) electrons. The van der Waals surface area contributed by atoms with Crippen LogP contribution in [0, 0.1) is 5.82 Å². The minimum Gasteiger partial charge on any atom is -0.493 e. The maximum Gasteiger partial charge on any atom is 0.162 e. The molecule has 0 spiro atoms. The summed E-state index contributed by atoms with van der Waals surface area (Å²) in [6.07, 6.45) is -4.49. The van der Waals surface area contributed by atoms with Gasteiger partial charge >= 0.3 is 0 Å². The largest absolute Gasteiger partial charge is 0.493 e. The normalized spacial score (nSPS) is 25.3. The second kappa shape index (κ2) is 10.1. The monoisotopic (exact) mass is 459 g/mol. The van der Waals surface area contributed by atoms with Gasteiger partial charge in [0, 0.05) is 47.6 Å². The van der Waals surface area contributed by atoms with Crippen LogP contribution in [0.2, 0.25) is 5.02 Å². The van der Waals surface area contributed by atoms with Gasteiger partial charge in [0.2, 0.25) is 0 Å². The van der Waals surface area contributed by atoms with E-state index in [0.29, 0.717) is 0 Å². The second-order valence-electron chi connectivity index (χ2n) is 5.85. The molecular weight excluding hydrogens is 423 g/mol. The van der Waals surface area contributed by atoms with E-state index >= 15 is 0 Å². The number of ether oxygens (including phenoxy) is 3. The van der Waals surface area contributed by atoms with Gasteiger partial charge in [0.05, 0.1) is 42.9 Å². The number of anilines is 2. The van der Waals surface area contributed by atoms with E-state index in [-0.39, 0.29) is 32.3 Å². The molecule has 0 unspecified atom stereocenters. The lowest BCUT2D eigenvalue weighted by Crippen LogP contribution is -2.37.